The van der Waals surface area contributed by atoms with Gasteiger partial charge in [0.25, 0.3) is 0 Å². The van der Waals surface area contributed by atoms with Crippen molar-refractivity contribution in [2.75, 3.05) is 19.7 Å². The van der Waals surface area contributed by atoms with Crippen LogP contribution in [-0.4, -0.2) is 25.7 Å². The van der Waals surface area contributed by atoms with Gasteiger partial charge in [-0.15, -0.1) is 0 Å². The normalized spacial score (nSPS) is 11.0. The number of carbonyl (C=O) groups excluding carboxylic acids is 1. The minimum absolute atomic E-state index is 0.00419. The Kier molecular flexibility index (Phi) is 21.0. The SMILES string of the molecule is CCCCCCCCCCOC(=O)CCCCCNCCCCCC. The highest BCUT2D eigenvalue weighted by molar-refractivity contribution is 5.69. The van der Waals surface area contributed by atoms with Crippen molar-refractivity contribution >= 4 is 5.97 Å². The molecule has 0 saturated heterocycles. The summed E-state index contributed by atoms with van der Waals surface area (Å²) in [6.07, 6.45) is 19.4. The lowest BCUT2D eigenvalue weighted by Gasteiger charge is -2.06. The summed E-state index contributed by atoms with van der Waals surface area (Å²) in [5.41, 5.74) is 0. The Balaban J connectivity index is 3.13. The molecule has 0 amide bonds. The lowest BCUT2D eigenvalue weighted by molar-refractivity contribution is -0.143. The molecule has 0 rings (SSSR count). The van der Waals surface area contributed by atoms with E-state index in [9.17, 15) is 4.79 Å². The second-order valence-electron chi connectivity index (χ2n) is 7.32. The molecule has 0 aliphatic rings. The molecule has 3 nitrogen and oxygen atoms in total. The summed E-state index contributed by atoms with van der Waals surface area (Å²) in [5, 5.41) is 3.49. The van der Waals surface area contributed by atoms with E-state index in [4.69, 9.17) is 4.74 Å². The molecule has 0 spiro atoms. The molecular formula is C22H45NO2. The van der Waals surface area contributed by atoms with Gasteiger partial charge in [-0.3, -0.25) is 4.79 Å². The minimum atomic E-state index is -0.00419. The largest absolute Gasteiger partial charge is 0.466 e. The van der Waals surface area contributed by atoms with Gasteiger partial charge in [0.2, 0.25) is 0 Å². The summed E-state index contributed by atoms with van der Waals surface area (Å²) in [6, 6.07) is 0. The first kappa shape index (κ1) is 24.4. The molecule has 0 saturated carbocycles. The van der Waals surface area contributed by atoms with Crippen LogP contribution in [-0.2, 0) is 9.53 Å². The van der Waals surface area contributed by atoms with Crippen LogP contribution in [0.4, 0.5) is 0 Å². The molecule has 0 bridgehead atoms. The lowest BCUT2D eigenvalue weighted by Crippen LogP contribution is -2.16. The summed E-state index contributed by atoms with van der Waals surface area (Å²) < 4.78 is 5.32. The van der Waals surface area contributed by atoms with E-state index in [2.05, 4.69) is 19.2 Å². The highest BCUT2D eigenvalue weighted by atomic mass is 16.5. The minimum Gasteiger partial charge on any atom is -0.466 e. The van der Waals surface area contributed by atoms with Crippen molar-refractivity contribution < 1.29 is 9.53 Å². The van der Waals surface area contributed by atoms with Gasteiger partial charge in [-0.2, -0.15) is 0 Å². The van der Waals surface area contributed by atoms with Crippen molar-refractivity contribution in [3.63, 3.8) is 0 Å². The quantitative estimate of drug-likeness (QED) is 0.203. The average Bonchev–Trinajstić information content (AvgIpc) is 2.62. The Morgan fingerprint density at radius 3 is 1.72 bits per heavy atom. The number of rotatable bonds is 20. The number of unbranched alkanes of at least 4 members (excludes halogenated alkanes) is 12. The summed E-state index contributed by atoms with van der Waals surface area (Å²) >= 11 is 0. The van der Waals surface area contributed by atoms with Crippen LogP contribution < -0.4 is 5.32 Å². The van der Waals surface area contributed by atoms with Crippen LogP contribution in [0.25, 0.3) is 0 Å². The van der Waals surface area contributed by atoms with Gasteiger partial charge in [0.05, 0.1) is 6.61 Å². The van der Waals surface area contributed by atoms with Crippen LogP contribution in [0.5, 0.6) is 0 Å². The number of ether oxygens (including phenoxy) is 1. The number of nitrogens with one attached hydrogen (secondary N) is 1. The van der Waals surface area contributed by atoms with Crippen LogP contribution in [0.3, 0.4) is 0 Å². The fraction of sp³-hybridized carbons (Fsp3) is 0.955. The van der Waals surface area contributed by atoms with Crippen molar-refractivity contribution in [3.8, 4) is 0 Å². The average molecular weight is 356 g/mol. The van der Waals surface area contributed by atoms with Crippen LogP contribution in [0.2, 0.25) is 0 Å². The van der Waals surface area contributed by atoms with E-state index in [0.717, 1.165) is 32.4 Å². The maximum absolute atomic E-state index is 11.6. The van der Waals surface area contributed by atoms with Gasteiger partial charge in [0, 0.05) is 6.42 Å². The molecule has 0 aromatic heterocycles. The second-order valence-corrected chi connectivity index (χ2v) is 7.32. The van der Waals surface area contributed by atoms with Crippen molar-refractivity contribution in [1.29, 1.82) is 0 Å². The zero-order valence-corrected chi connectivity index (χ0v) is 17.3. The third kappa shape index (κ3) is 21.4. The van der Waals surface area contributed by atoms with Crippen molar-refractivity contribution in [2.24, 2.45) is 0 Å². The molecule has 25 heavy (non-hydrogen) atoms. The summed E-state index contributed by atoms with van der Waals surface area (Å²) in [7, 11) is 0. The van der Waals surface area contributed by atoms with Gasteiger partial charge in [-0.05, 0) is 38.8 Å². The van der Waals surface area contributed by atoms with Gasteiger partial charge >= 0.3 is 5.97 Å². The van der Waals surface area contributed by atoms with E-state index in [1.807, 2.05) is 0 Å². The van der Waals surface area contributed by atoms with Crippen LogP contribution >= 0.6 is 0 Å². The van der Waals surface area contributed by atoms with Crippen LogP contribution in [0, 0.1) is 0 Å². The molecular weight excluding hydrogens is 310 g/mol. The Hall–Kier alpha value is -0.570. The van der Waals surface area contributed by atoms with Gasteiger partial charge < -0.3 is 10.1 Å². The number of carbonyl (C=O) groups is 1. The summed E-state index contributed by atoms with van der Waals surface area (Å²) in [4.78, 5) is 11.6. The molecule has 0 fully saturated rings. The lowest BCUT2D eigenvalue weighted by atomic mass is 10.1. The number of hydrogen-bond acceptors (Lipinski definition) is 3. The molecule has 0 heterocycles. The third-order valence-corrected chi connectivity index (χ3v) is 4.70. The van der Waals surface area contributed by atoms with Gasteiger partial charge in [-0.1, -0.05) is 84.5 Å². The Morgan fingerprint density at radius 2 is 1.12 bits per heavy atom. The predicted octanol–water partition coefficient (Wildman–Crippen LogP) is 6.40. The smallest absolute Gasteiger partial charge is 0.305 e. The van der Waals surface area contributed by atoms with Crippen LogP contribution in [0.1, 0.15) is 117 Å². The first-order valence-electron chi connectivity index (χ1n) is 11.2. The highest BCUT2D eigenvalue weighted by Gasteiger charge is 2.02. The molecule has 150 valence electrons. The maximum Gasteiger partial charge on any atom is 0.305 e. The van der Waals surface area contributed by atoms with Gasteiger partial charge in [0.1, 0.15) is 0 Å². The van der Waals surface area contributed by atoms with Crippen molar-refractivity contribution in [1.82, 2.24) is 5.32 Å². The van der Waals surface area contributed by atoms with E-state index in [1.165, 1.54) is 77.0 Å². The molecule has 3 heteroatoms. The molecule has 0 aliphatic heterocycles. The fourth-order valence-corrected chi connectivity index (χ4v) is 2.99. The maximum atomic E-state index is 11.6. The zero-order valence-electron chi connectivity index (χ0n) is 17.3. The van der Waals surface area contributed by atoms with E-state index >= 15 is 0 Å². The van der Waals surface area contributed by atoms with Crippen molar-refractivity contribution in [3.05, 3.63) is 0 Å². The van der Waals surface area contributed by atoms with E-state index in [-0.39, 0.29) is 5.97 Å². The first-order valence-corrected chi connectivity index (χ1v) is 11.2. The molecule has 0 aliphatic carbocycles. The van der Waals surface area contributed by atoms with Crippen molar-refractivity contribution in [2.45, 2.75) is 117 Å². The molecule has 0 atom stereocenters. The third-order valence-electron chi connectivity index (χ3n) is 4.70. The second kappa shape index (κ2) is 21.5. The number of esters is 1. The molecule has 0 aromatic rings. The highest BCUT2D eigenvalue weighted by Crippen LogP contribution is 2.09. The van der Waals surface area contributed by atoms with E-state index in [0.29, 0.717) is 13.0 Å². The van der Waals surface area contributed by atoms with Crippen LogP contribution in [0.15, 0.2) is 0 Å². The standard InChI is InChI=1S/C22H45NO2/c1-3-5-7-9-10-11-12-17-21-25-22(24)18-14-13-16-20-23-19-15-8-6-4-2/h23H,3-21H2,1-2H3. The van der Waals surface area contributed by atoms with Gasteiger partial charge in [-0.25, -0.2) is 0 Å². The zero-order chi connectivity index (χ0) is 18.4. The molecule has 1 N–H and O–H groups in total. The Morgan fingerprint density at radius 1 is 0.640 bits per heavy atom. The predicted molar refractivity (Wildman–Crippen MR) is 109 cm³/mol. The first-order chi connectivity index (χ1) is 12.3. The fourth-order valence-electron chi connectivity index (χ4n) is 2.99. The summed E-state index contributed by atoms with van der Waals surface area (Å²) in [5.74, 6) is -0.00419. The Bertz CT molecular complexity index is 269. The monoisotopic (exact) mass is 355 g/mol. The number of hydrogen-bond donors (Lipinski definition) is 1. The topological polar surface area (TPSA) is 38.3 Å². The molecule has 0 aromatic carbocycles. The van der Waals surface area contributed by atoms with E-state index in [1.54, 1.807) is 0 Å². The molecule has 0 radical (unpaired) electrons. The van der Waals surface area contributed by atoms with E-state index < -0.39 is 0 Å². The summed E-state index contributed by atoms with van der Waals surface area (Å²) in [6.45, 7) is 7.34. The molecule has 0 unspecified atom stereocenters. The Labute approximate surface area is 157 Å². The van der Waals surface area contributed by atoms with Gasteiger partial charge in [0.15, 0.2) is 0 Å².